The maximum Gasteiger partial charge on any atom is 0.262 e. The molecule has 0 spiro atoms. The van der Waals surface area contributed by atoms with Gasteiger partial charge in [0.05, 0.1) is 16.5 Å². The zero-order chi connectivity index (χ0) is 18.8. The van der Waals surface area contributed by atoms with Crippen molar-refractivity contribution in [2.75, 3.05) is 7.11 Å². The molecule has 7 heteroatoms. The van der Waals surface area contributed by atoms with Crippen LogP contribution in [0.4, 0.5) is 0 Å². The van der Waals surface area contributed by atoms with Crippen molar-refractivity contribution in [3.05, 3.63) is 38.9 Å². The van der Waals surface area contributed by atoms with Crippen LogP contribution in [-0.4, -0.2) is 34.2 Å². The molecule has 2 aromatic rings. The molecule has 0 aliphatic carbocycles. The van der Waals surface area contributed by atoms with Gasteiger partial charge in [-0.1, -0.05) is 0 Å². The minimum Gasteiger partial charge on any atom is -0.379 e. The minimum absolute atomic E-state index is 0.0512. The van der Waals surface area contributed by atoms with Crippen LogP contribution in [0.3, 0.4) is 0 Å². The summed E-state index contributed by atoms with van der Waals surface area (Å²) in [6, 6.07) is 4.93. The number of aromatic nitrogens is 2. The van der Waals surface area contributed by atoms with Gasteiger partial charge < -0.3 is 15.0 Å². The summed E-state index contributed by atoms with van der Waals surface area (Å²) >= 11 is 5.21. The predicted molar refractivity (Wildman–Crippen MR) is 102 cm³/mol. The number of ether oxygens (including phenoxy) is 1. The van der Waals surface area contributed by atoms with E-state index in [1.165, 1.54) is 4.57 Å². The molecule has 0 fully saturated rings. The number of fused-ring (bicyclic) bond motifs is 1. The van der Waals surface area contributed by atoms with Crippen LogP contribution in [0.5, 0.6) is 0 Å². The number of nitrogens with zero attached hydrogens (tertiary/aromatic N) is 1. The molecule has 1 unspecified atom stereocenters. The Morgan fingerprint density at radius 3 is 2.72 bits per heavy atom. The lowest BCUT2D eigenvalue weighted by Crippen LogP contribution is -2.39. The summed E-state index contributed by atoms with van der Waals surface area (Å²) in [5, 5.41) is 3.48. The Labute approximate surface area is 152 Å². The summed E-state index contributed by atoms with van der Waals surface area (Å²) < 4.78 is 7.24. The van der Waals surface area contributed by atoms with Crippen molar-refractivity contribution < 1.29 is 9.53 Å². The largest absolute Gasteiger partial charge is 0.379 e. The maximum atomic E-state index is 12.5. The Balaban J connectivity index is 2.28. The fourth-order valence-electron chi connectivity index (χ4n) is 2.86. The zero-order valence-corrected chi connectivity index (χ0v) is 16.1. The monoisotopic (exact) mass is 363 g/mol. The average molecular weight is 363 g/mol. The Bertz CT molecular complexity index is 899. The van der Waals surface area contributed by atoms with E-state index in [0.29, 0.717) is 34.2 Å². The molecule has 1 amide bonds. The smallest absolute Gasteiger partial charge is 0.262 e. The molecule has 1 atom stereocenters. The summed E-state index contributed by atoms with van der Waals surface area (Å²) in [5.41, 5.74) is 0.585. The molecule has 1 aromatic heterocycles. The summed E-state index contributed by atoms with van der Waals surface area (Å²) in [6.45, 7) is 8.25. The Kier molecular flexibility index (Phi) is 5.80. The van der Waals surface area contributed by atoms with Gasteiger partial charge in [0.15, 0.2) is 4.77 Å². The normalized spacial score (nSPS) is 13.0. The minimum atomic E-state index is -0.313. The number of hydrogen-bond donors (Lipinski definition) is 2. The third-order valence-electron chi connectivity index (χ3n) is 4.29. The van der Waals surface area contributed by atoms with Gasteiger partial charge in [0.2, 0.25) is 0 Å². The number of amides is 1. The van der Waals surface area contributed by atoms with Gasteiger partial charge in [-0.2, -0.15) is 0 Å². The fraction of sp³-hybridized carbons (Fsp3) is 0.500. The molecule has 1 aromatic carbocycles. The number of nitrogens with one attached hydrogen (secondary N) is 2. The standard InChI is InChI=1S/C18H25N3O3S/c1-6-21-16(23)13-8-7-12(9-14(13)20-17(21)25)15(22)19-11(2)10-18(3,4)24-5/h7-9,11H,6,10H2,1-5H3,(H,19,22)(H,20,25). The molecule has 0 aliphatic heterocycles. The van der Waals surface area contributed by atoms with Crippen LogP contribution in [0.25, 0.3) is 10.9 Å². The van der Waals surface area contributed by atoms with Gasteiger partial charge in [-0.05, 0) is 64.5 Å². The van der Waals surface area contributed by atoms with Crippen LogP contribution in [-0.2, 0) is 11.3 Å². The molecule has 1 heterocycles. The number of aromatic amines is 1. The highest BCUT2D eigenvalue weighted by Gasteiger charge is 2.21. The van der Waals surface area contributed by atoms with Gasteiger partial charge in [0, 0.05) is 25.3 Å². The van der Waals surface area contributed by atoms with Crippen LogP contribution >= 0.6 is 12.2 Å². The lowest BCUT2D eigenvalue weighted by atomic mass is 9.99. The molecule has 25 heavy (non-hydrogen) atoms. The number of hydrogen-bond acceptors (Lipinski definition) is 4. The number of H-pyrrole nitrogens is 1. The fourth-order valence-corrected chi connectivity index (χ4v) is 3.18. The van der Waals surface area contributed by atoms with E-state index in [2.05, 4.69) is 10.3 Å². The summed E-state index contributed by atoms with van der Waals surface area (Å²) in [4.78, 5) is 27.9. The maximum absolute atomic E-state index is 12.5. The van der Waals surface area contributed by atoms with Crippen molar-refractivity contribution in [3.63, 3.8) is 0 Å². The van der Waals surface area contributed by atoms with E-state index in [1.54, 1.807) is 25.3 Å². The third-order valence-corrected chi connectivity index (χ3v) is 4.61. The first kappa shape index (κ1) is 19.3. The highest BCUT2D eigenvalue weighted by Crippen LogP contribution is 2.16. The molecule has 6 nitrogen and oxygen atoms in total. The second-order valence-electron chi connectivity index (χ2n) is 6.78. The van der Waals surface area contributed by atoms with E-state index in [4.69, 9.17) is 17.0 Å². The van der Waals surface area contributed by atoms with E-state index in [0.717, 1.165) is 0 Å². The van der Waals surface area contributed by atoms with Gasteiger partial charge in [-0.15, -0.1) is 0 Å². The van der Waals surface area contributed by atoms with Gasteiger partial charge >= 0.3 is 0 Å². The second-order valence-corrected chi connectivity index (χ2v) is 7.17. The number of carbonyl (C=O) groups excluding carboxylic acids is 1. The van der Waals surface area contributed by atoms with Gasteiger partial charge in [-0.25, -0.2) is 0 Å². The quantitative estimate of drug-likeness (QED) is 0.774. The first-order valence-corrected chi connectivity index (χ1v) is 8.72. The number of carbonyl (C=O) groups is 1. The predicted octanol–water partition coefficient (Wildman–Crippen LogP) is 3.01. The van der Waals surface area contributed by atoms with Gasteiger partial charge in [0.25, 0.3) is 11.5 Å². The SMILES string of the molecule is CCn1c(=S)[nH]c2cc(C(=O)NC(C)CC(C)(C)OC)ccc2c1=O. The van der Waals surface area contributed by atoms with Crippen molar-refractivity contribution in [2.45, 2.75) is 52.3 Å². The van der Waals surface area contributed by atoms with E-state index in [9.17, 15) is 9.59 Å². The molecule has 136 valence electrons. The van der Waals surface area contributed by atoms with Crippen LogP contribution in [0.2, 0.25) is 0 Å². The summed E-state index contributed by atoms with van der Waals surface area (Å²) in [6.07, 6.45) is 0.687. The molecule has 0 saturated carbocycles. The van der Waals surface area contributed by atoms with Crippen molar-refractivity contribution in [1.82, 2.24) is 14.9 Å². The molecule has 0 bridgehead atoms. The van der Waals surface area contributed by atoms with Crippen molar-refractivity contribution in [3.8, 4) is 0 Å². The van der Waals surface area contributed by atoms with Gasteiger partial charge in [0.1, 0.15) is 0 Å². The number of benzene rings is 1. The Morgan fingerprint density at radius 2 is 2.12 bits per heavy atom. The zero-order valence-electron chi connectivity index (χ0n) is 15.3. The van der Waals surface area contributed by atoms with Crippen molar-refractivity contribution in [1.29, 1.82) is 0 Å². The van der Waals surface area contributed by atoms with Crippen LogP contribution in [0.15, 0.2) is 23.0 Å². The van der Waals surface area contributed by atoms with Crippen LogP contribution < -0.4 is 10.9 Å². The molecule has 0 saturated heterocycles. The molecular weight excluding hydrogens is 338 g/mol. The highest BCUT2D eigenvalue weighted by molar-refractivity contribution is 7.71. The van der Waals surface area contributed by atoms with E-state index < -0.39 is 0 Å². The van der Waals surface area contributed by atoms with E-state index in [1.807, 2.05) is 27.7 Å². The summed E-state index contributed by atoms with van der Waals surface area (Å²) in [7, 11) is 1.66. The molecule has 0 aliphatic rings. The first-order chi connectivity index (χ1) is 11.7. The lowest BCUT2D eigenvalue weighted by Gasteiger charge is -2.27. The molecule has 0 radical (unpaired) electrons. The lowest BCUT2D eigenvalue weighted by molar-refractivity contribution is 0.00885. The number of methoxy groups -OCH3 is 1. The van der Waals surface area contributed by atoms with E-state index >= 15 is 0 Å². The average Bonchev–Trinajstić information content (AvgIpc) is 2.54. The molecular formula is C18H25N3O3S. The Hall–Kier alpha value is -1.99. The number of rotatable bonds is 6. The van der Waals surface area contributed by atoms with E-state index in [-0.39, 0.29) is 23.1 Å². The molecule has 2 rings (SSSR count). The van der Waals surface area contributed by atoms with Crippen LogP contribution in [0.1, 0.15) is 44.5 Å². The Morgan fingerprint density at radius 1 is 1.44 bits per heavy atom. The van der Waals surface area contributed by atoms with Crippen molar-refractivity contribution >= 4 is 29.0 Å². The first-order valence-electron chi connectivity index (χ1n) is 8.31. The van der Waals surface area contributed by atoms with Crippen molar-refractivity contribution in [2.24, 2.45) is 0 Å². The second kappa shape index (κ2) is 7.49. The highest BCUT2D eigenvalue weighted by atomic mass is 32.1. The third kappa shape index (κ3) is 4.35. The summed E-state index contributed by atoms with van der Waals surface area (Å²) in [5.74, 6) is -0.194. The molecule has 2 N–H and O–H groups in total. The van der Waals surface area contributed by atoms with Crippen LogP contribution in [0, 0.1) is 4.77 Å². The topological polar surface area (TPSA) is 76.1 Å². The van der Waals surface area contributed by atoms with Gasteiger partial charge in [-0.3, -0.25) is 14.2 Å².